The van der Waals surface area contributed by atoms with Gasteiger partial charge in [0.05, 0.1) is 0 Å². The molecule has 1 rings (SSSR count). The van der Waals surface area contributed by atoms with E-state index in [0.717, 1.165) is 42.5 Å². The Morgan fingerprint density at radius 3 is 2.71 bits per heavy atom. The van der Waals surface area contributed by atoms with E-state index >= 15 is 0 Å². The number of rotatable bonds is 7. The van der Waals surface area contributed by atoms with Gasteiger partial charge in [-0.05, 0) is 50.6 Å². The van der Waals surface area contributed by atoms with Crippen molar-refractivity contribution in [2.24, 2.45) is 0 Å². The molecule has 0 atom stereocenters. The fraction of sp³-hybridized carbons (Fsp3) is 0.538. The lowest BCUT2D eigenvalue weighted by molar-refractivity contribution is 0.271. The van der Waals surface area contributed by atoms with Crippen LogP contribution in [-0.4, -0.2) is 30.2 Å². The van der Waals surface area contributed by atoms with Gasteiger partial charge < -0.3 is 15.7 Å². The highest BCUT2D eigenvalue weighted by Crippen LogP contribution is 2.21. The van der Waals surface area contributed by atoms with Crippen LogP contribution < -0.4 is 5.73 Å². The van der Waals surface area contributed by atoms with E-state index in [-0.39, 0.29) is 0 Å². The summed E-state index contributed by atoms with van der Waals surface area (Å²) >= 11 is 3.53. The van der Waals surface area contributed by atoms with Crippen molar-refractivity contribution in [1.82, 2.24) is 4.90 Å². The molecule has 4 heteroatoms. The van der Waals surface area contributed by atoms with Crippen LogP contribution in [0.25, 0.3) is 0 Å². The first-order chi connectivity index (χ1) is 8.13. The molecule has 0 aliphatic heterocycles. The number of hydrogen-bond acceptors (Lipinski definition) is 3. The summed E-state index contributed by atoms with van der Waals surface area (Å²) in [4.78, 5) is 2.29. The van der Waals surface area contributed by atoms with Crippen molar-refractivity contribution in [3.63, 3.8) is 0 Å². The molecule has 0 saturated carbocycles. The van der Waals surface area contributed by atoms with Crippen molar-refractivity contribution in [3.8, 4) is 0 Å². The van der Waals surface area contributed by atoms with E-state index in [4.69, 9.17) is 10.8 Å². The predicted octanol–water partition coefficient (Wildman–Crippen LogP) is 2.63. The zero-order valence-corrected chi connectivity index (χ0v) is 11.9. The van der Waals surface area contributed by atoms with Gasteiger partial charge >= 0.3 is 0 Å². The van der Waals surface area contributed by atoms with E-state index in [9.17, 15) is 0 Å². The van der Waals surface area contributed by atoms with Gasteiger partial charge in [-0.1, -0.05) is 22.0 Å². The summed E-state index contributed by atoms with van der Waals surface area (Å²) in [5, 5.41) is 8.70. The SMILES string of the molecule is CN(CCCCCO)Cc1ccc(N)cc1Br. The summed E-state index contributed by atoms with van der Waals surface area (Å²) in [5.41, 5.74) is 7.74. The molecule has 0 radical (unpaired) electrons. The normalized spacial score (nSPS) is 11.1. The number of nitrogens with two attached hydrogens (primary N) is 1. The largest absolute Gasteiger partial charge is 0.399 e. The Kier molecular flexibility index (Phi) is 6.55. The molecule has 3 N–H and O–H groups in total. The number of nitrogens with zero attached hydrogens (tertiary/aromatic N) is 1. The van der Waals surface area contributed by atoms with Crippen LogP contribution in [0.15, 0.2) is 22.7 Å². The van der Waals surface area contributed by atoms with Crippen LogP contribution in [0.5, 0.6) is 0 Å². The van der Waals surface area contributed by atoms with Crippen molar-refractivity contribution >= 4 is 21.6 Å². The first kappa shape index (κ1) is 14.5. The van der Waals surface area contributed by atoms with E-state index in [1.807, 2.05) is 12.1 Å². The molecule has 0 saturated heterocycles. The van der Waals surface area contributed by atoms with Gasteiger partial charge in [-0.25, -0.2) is 0 Å². The Morgan fingerprint density at radius 1 is 1.29 bits per heavy atom. The Labute approximate surface area is 112 Å². The molecular formula is C13H21BrN2O. The number of unbranched alkanes of at least 4 members (excludes halogenated alkanes) is 2. The Morgan fingerprint density at radius 2 is 2.06 bits per heavy atom. The molecule has 1 aromatic carbocycles. The minimum Gasteiger partial charge on any atom is -0.399 e. The molecule has 0 unspecified atom stereocenters. The third kappa shape index (κ3) is 5.52. The lowest BCUT2D eigenvalue weighted by Gasteiger charge is -2.17. The maximum Gasteiger partial charge on any atom is 0.0431 e. The average Bonchev–Trinajstić information content (AvgIpc) is 2.28. The number of anilines is 1. The monoisotopic (exact) mass is 300 g/mol. The summed E-state index contributed by atoms with van der Waals surface area (Å²) < 4.78 is 1.07. The molecule has 96 valence electrons. The lowest BCUT2D eigenvalue weighted by atomic mass is 10.2. The number of aliphatic hydroxyl groups excluding tert-OH is 1. The maximum atomic E-state index is 8.70. The minimum absolute atomic E-state index is 0.299. The van der Waals surface area contributed by atoms with Crippen LogP contribution in [0.2, 0.25) is 0 Å². The van der Waals surface area contributed by atoms with E-state index in [1.165, 1.54) is 5.56 Å². The van der Waals surface area contributed by atoms with Crippen LogP contribution >= 0.6 is 15.9 Å². The first-order valence-corrected chi connectivity index (χ1v) is 6.76. The summed E-state index contributed by atoms with van der Waals surface area (Å²) in [7, 11) is 2.11. The molecule has 1 aromatic rings. The van der Waals surface area contributed by atoms with Crippen molar-refractivity contribution < 1.29 is 5.11 Å². The maximum absolute atomic E-state index is 8.70. The van der Waals surface area contributed by atoms with Crippen LogP contribution in [0.3, 0.4) is 0 Å². The molecular weight excluding hydrogens is 280 g/mol. The second kappa shape index (κ2) is 7.69. The summed E-state index contributed by atoms with van der Waals surface area (Å²) in [6, 6.07) is 5.93. The van der Waals surface area contributed by atoms with Gasteiger partial charge in [0, 0.05) is 23.3 Å². The smallest absolute Gasteiger partial charge is 0.0431 e. The first-order valence-electron chi connectivity index (χ1n) is 5.97. The molecule has 0 amide bonds. The third-order valence-corrected chi connectivity index (χ3v) is 3.45. The molecule has 0 heterocycles. The van der Waals surface area contributed by atoms with Crippen LogP contribution in [-0.2, 0) is 6.54 Å². The topological polar surface area (TPSA) is 49.5 Å². The van der Waals surface area contributed by atoms with Gasteiger partial charge in [-0.3, -0.25) is 0 Å². The number of benzene rings is 1. The Hall–Kier alpha value is -0.580. The summed E-state index contributed by atoms with van der Waals surface area (Å²) in [6.07, 6.45) is 3.12. The van der Waals surface area contributed by atoms with Crippen molar-refractivity contribution in [1.29, 1.82) is 0 Å². The van der Waals surface area contributed by atoms with Gasteiger partial charge in [0.1, 0.15) is 0 Å². The quantitative estimate of drug-likeness (QED) is 0.601. The van der Waals surface area contributed by atoms with E-state index in [0.29, 0.717) is 6.61 Å². The highest BCUT2D eigenvalue weighted by molar-refractivity contribution is 9.10. The Balaban J connectivity index is 2.37. The zero-order valence-electron chi connectivity index (χ0n) is 10.3. The number of halogens is 1. The van der Waals surface area contributed by atoms with Crippen molar-refractivity contribution in [2.75, 3.05) is 25.9 Å². The second-order valence-electron chi connectivity index (χ2n) is 4.37. The van der Waals surface area contributed by atoms with E-state index in [1.54, 1.807) is 0 Å². The standard InChI is InChI=1S/C13H21BrN2O/c1-16(7-3-2-4-8-17)10-11-5-6-12(15)9-13(11)14/h5-6,9,17H,2-4,7-8,10,15H2,1H3. The third-order valence-electron chi connectivity index (χ3n) is 2.72. The molecule has 0 spiro atoms. The van der Waals surface area contributed by atoms with Gasteiger partial charge in [0.15, 0.2) is 0 Å². The molecule has 0 bridgehead atoms. The molecule has 17 heavy (non-hydrogen) atoms. The van der Waals surface area contributed by atoms with Crippen molar-refractivity contribution in [3.05, 3.63) is 28.2 Å². The predicted molar refractivity (Wildman–Crippen MR) is 75.8 cm³/mol. The molecule has 0 aliphatic carbocycles. The fourth-order valence-corrected chi connectivity index (χ4v) is 2.25. The van der Waals surface area contributed by atoms with Crippen LogP contribution in [0.4, 0.5) is 5.69 Å². The highest BCUT2D eigenvalue weighted by atomic mass is 79.9. The van der Waals surface area contributed by atoms with Gasteiger partial charge in [0.2, 0.25) is 0 Å². The molecule has 0 fully saturated rings. The lowest BCUT2D eigenvalue weighted by Crippen LogP contribution is -2.19. The van der Waals surface area contributed by atoms with Gasteiger partial charge in [0.25, 0.3) is 0 Å². The number of aliphatic hydroxyl groups is 1. The second-order valence-corrected chi connectivity index (χ2v) is 5.23. The zero-order chi connectivity index (χ0) is 12.7. The highest BCUT2D eigenvalue weighted by Gasteiger charge is 2.04. The van der Waals surface area contributed by atoms with Crippen LogP contribution in [0.1, 0.15) is 24.8 Å². The minimum atomic E-state index is 0.299. The van der Waals surface area contributed by atoms with Gasteiger partial charge in [-0.2, -0.15) is 0 Å². The molecule has 3 nitrogen and oxygen atoms in total. The summed E-state index contributed by atoms with van der Waals surface area (Å²) in [5.74, 6) is 0. The molecule has 0 aliphatic rings. The van der Waals surface area contributed by atoms with E-state index in [2.05, 4.69) is 33.9 Å². The number of hydrogen-bond donors (Lipinski definition) is 2. The van der Waals surface area contributed by atoms with Gasteiger partial charge in [-0.15, -0.1) is 0 Å². The fourth-order valence-electron chi connectivity index (χ4n) is 1.73. The number of nitrogen functional groups attached to an aromatic ring is 1. The summed E-state index contributed by atoms with van der Waals surface area (Å²) in [6.45, 7) is 2.27. The molecule has 0 aromatic heterocycles. The Bertz CT molecular complexity index is 344. The van der Waals surface area contributed by atoms with Crippen molar-refractivity contribution in [2.45, 2.75) is 25.8 Å². The van der Waals surface area contributed by atoms with Crippen LogP contribution in [0, 0.1) is 0 Å². The average molecular weight is 301 g/mol. The van der Waals surface area contributed by atoms with E-state index < -0.39 is 0 Å².